The van der Waals surface area contributed by atoms with Crippen LogP contribution in [0.2, 0.25) is 5.02 Å². The summed E-state index contributed by atoms with van der Waals surface area (Å²) in [7, 11) is 0. The van der Waals surface area contributed by atoms with E-state index in [1.165, 1.54) is 0 Å². The fourth-order valence-electron chi connectivity index (χ4n) is 0.452. The number of hydrogen-bond acceptors (Lipinski definition) is 2. The van der Waals surface area contributed by atoms with Gasteiger partial charge in [0.1, 0.15) is 5.75 Å². The molecule has 4 nitrogen and oxygen atoms in total. The zero-order valence-corrected chi connectivity index (χ0v) is 6.69. The van der Waals surface area contributed by atoms with E-state index in [0.717, 1.165) is 0 Å². The van der Waals surface area contributed by atoms with Crippen molar-refractivity contribution in [2.75, 3.05) is 0 Å². The highest BCUT2D eigenvalue weighted by Crippen LogP contribution is 2.20. The van der Waals surface area contributed by atoms with Gasteiger partial charge in [-0.2, -0.15) is 0 Å². The molecule has 66 valence electrons. The number of benzene rings is 1. The van der Waals surface area contributed by atoms with Gasteiger partial charge < -0.3 is 15.3 Å². The summed E-state index contributed by atoms with van der Waals surface area (Å²) in [5.74, 6) is 0.133. The van der Waals surface area contributed by atoms with E-state index >= 15 is 0 Å². The second-order valence-electron chi connectivity index (χ2n) is 1.73. The molecule has 0 saturated heterocycles. The number of phenols is 1. The molecule has 0 bridgehead atoms. The van der Waals surface area contributed by atoms with Gasteiger partial charge in [-0.15, -0.1) is 0 Å². The van der Waals surface area contributed by atoms with Crippen LogP contribution in [0.25, 0.3) is 0 Å². The topological polar surface area (TPSA) is 77.8 Å². The summed E-state index contributed by atoms with van der Waals surface area (Å²) in [6.07, 6.45) is -1.83. The first-order valence-electron chi connectivity index (χ1n) is 2.89. The number of hydrogen-bond donors (Lipinski definition) is 3. The van der Waals surface area contributed by atoms with Crippen LogP contribution in [-0.4, -0.2) is 21.5 Å². The van der Waals surface area contributed by atoms with Gasteiger partial charge in [0, 0.05) is 0 Å². The van der Waals surface area contributed by atoms with Crippen LogP contribution in [0.15, 0.2) is 24.3 Å². The second-order valence-corrected chi connectivity index (χ2v) is 2.14. The van der Waals surface area contributed by atoms with Crippen LogP contribution in [0.4, 0.5) is 4.79 Å². The molecule has 0 aliphatic rings. The predicted molar refractivity (Wildman–Crippen MR) is 43.8 cm³/mol. The molecule has 0 fully saturated rings. The fraction of sp³-hybridized carbons (Fsp3) is 0. The zero-order valence-electron chi connectivity index (χ0n) is 5.94. The lowest BCUT2D eigenvalue weighted by Gasteiger charge is -1.89. The normalized spacial score (nSPS) is 8.08. The molecule has 0 spiro atoms. The molecule has 0 amide bonds. The molecule has 0 atom stereocenters. The maximum absolute atomic E-state index is 8.79. The highest BCUT2D eigenvalue weighted by Gasteiger charge is 1.89. The van der Waals surface area contributed by atoms with Crippen LogP contribution in [0, 0.1) is 0 Å². The van der Waals surface area contributed by atoms with Crippen molar-refractivity contribution in [3.8, 4) is 5.75 Å². The minimum atomic E-state index is -1.83. The number of carboxylic acid groups (broad SMARTS) is 2. The van der Waals surface area contributed by atoms with Gasteiger partial charge in [0.2, 0.25) is 0 Å². The van der Waals surface area contributed by atoms with Gasteiger partial charge in [-0.3, -0.25) is 0 Å². The van der Waals surface area contributed by atoms with E-state index < -0.39 is 6.16 Å². The van der Waals surface area contributed by atoms with E-state index in [1.54, 1.807) is 24.3 Å². The summed E-state index contributed by atoms with van der Waals surface area (Å²) in [5.41, 5.74) is 0. The Bertz CT molecular complexity index is 236. The number of phenolic OH excluding ortho intramolecular Hbond substituents is 1. The second kappa shape index (κ2) is 5.26. The summed E-state index contributed by atoms with van der Waals surface area (Å²) < 4.78 is 0. The van der Waals surface area contributed by atoms with E-state index in [2.05, 4.69) is 0 Å². The quantitative estimate of drug-likeness (QED) is 0.587. The third-order valence-electron chi connectivity index (χ3n) is 0.852. The van der Waals surface area contributed by atoms with Crippen LogP contribution >= 0.6 is 11.6 Å². The van der Waals surface area contributed by atoms with Gasteiger partial charge in [0.25, 0.3) is 0 Å². The molecule has 0 radical (unpaired) electrons. The van der Waals surface area contributed by atoms with Crippen molar-refractivity contribution in [1.29, 1.82) is 0 Å². The Kier molecular flexibility index (Phi) is 4.64. The number of para-hydroxylation sites is 1. The van der Waals surface area contributed by atoms with Crippen molar-refractivity contribution in [3.63, 3.8) is 0 Å². The molecule has 5 heteroatoms. The van der Waals surface area contributed by atoms with Gasteiger partial charge in [-0.05, 0) is 12.1 Å². The lowest BCUT2D eigenvalue weighted by atomic mass is 10.3. The van der Waals surface area contributed by atoms with E-state index in [0.29, 0.717) is 5.02 Å². The Morgan fingerprint density at radius 1 is 1.25 bits per heavy atom. The van der Waals surface area contributed by atoms with Gasteiger partial charge in [-0.1, -0.05) is 23.7 Å². The van der Waals surface area contributed by atoms with Crippen LogP contribution in [0.3, 0.4) is 0 Å². The molecule has 1 rings (SSSR count). The molecule has 0 aromatic heterocycles. The number of rotatable bonds is 0. The van der Waals surface area contributed by atoms with Crippen molar-refractivity contribution in [3.05, 3.63) is 29.3 Å². The summed E-state index contributed by atoms with van der Waals surface area (Å²) in [4.78, 5) is 8.56. The molecule has 1 aromatic carbocycles. The van der Waals surface area contributed by atoms with E-state index in [1.807, 2.05) is 0 Å². The zero-order chi connectivity index (χ0) is 9.56. The van der Waals surface area contributed by atoms with Crippen molar-refractivity contribution in [2.45, 2.75) is 0 Å². The molecule has 0 saturated carbocycles. The summed E-state index contributed by atoms with van der Waals surface area (Å²) in [6, 6.07) is 6.67. The highest BCUT2D eigenvalue weighted by molar-refractivity contribution is 6.31. The molecule has 3 N–H and O–H groups in total. The van der Waals surface area contributed by atoms with Crippen LogP contribution in [-0.2, 0) is 0 Å². The summed E-state index contributed by atoms with van der Waals surface area (Å²) in [6.45, 7) is 0. The predicted octanol–water partition coefficient (Wildman–Crippen LogP) is 2.27. The Morgan fingerprint density at radius 3 is 1.92 bits per heavy atom. The van der Waals surface area contributed by atoms with Crippen molar-refractivity contribution in [2.24, 2.45) is 0 Å². The first-order valence-corrected chi connectivity index (χ1v) is 3.27. The van der Waals surface area contributed by atoms with Crippen molar-refractivity contribution >= 4 is 17.8 Å². The van der Waals surface area contributed by atoms with E-state index in [4.69, 9.17) is 31.7 Å². The molecular formula is C7H7ClO4. The largest absolute Gasteiger partial charge is 0.506 e. The lowest BCUT2D eigenvalue weighted by Crippen LogP contribution is -1.81. The standard InChI is InChI=1S/C6H5ClO.CH2O3/c7-5-3-1-2-4-6(5)8;2-1(3)4/h1-4,8H;(H2,2,3,4). The van der Waals surface area contributed by atoms with Crippen LogP contribution in [0.5, 0.6) is 5.75 Å². The first-order chi connectivity index (χ1) is 5.54. The molecule has 0 aliphatic heterocycles. The minimum Gasteiger partial charge on any atom is -0.506 e. The Hall–Kier alpha value is -1.42. The van der Waals surface area contributed by atoms with E-state index in [9.17, 15) is 0 Å². The highest BCUT2D eigenvalue weighted by atomic mass is 35.5. The molecule has 1 aromatic rings. The average Bonchev–Trinajstić information content (AvgIpc) is 1.94. The van der Waals surface area contributed by atoms with Crippen molar-refractivity contribution < 1.29 is 20.1 Å². The number of carbonyl (C=O) groups is 1. The molecular weight excluding hydrogens is 184 g/mol. The van der Waals surface area contributed by atoms with Gasteiger partial charge in [-0.25, -0.2) is 4.79 Å². The first kappa shape index (κ1) is 10.6. The minimum absolute atomic E-state index is 0.133. The summed E-state index contributed by atoms with van der Waals surface area (Å²) in [5, 5.41) is 23.1. The monoisotopic (exact) mass is 190 g/mol. The summed E-state index contributed by atoms with van der Waals surface area (Å²) >= 11 is 5.46. The van der Waals surface area contributed by atoms with Gasteiger partial charge in [0.05, 0.1) is 5.02 Å². The van der Waals surface area contributed by atoms with Crippen molar-refractivity contribution in [1.82, 2.24) is 0 Å². The SMILES string of the molecule is O=C(O)O.Oc1ccccc1Cl. The lowest BCUT2D eigenvalue weighted by molar-refractivity contribution is 0.137. The Balaban J connectivity index is 0.000000261. The molecule has 0 aliphatic carbocycles. The smallest absolute Gasteiger partial charge is 0.503 e. The molecule has 0 unspecified atom stereocenters. The third kappa shape index (κ3) is 5.37. The maximum Gasteiger partial charge on any atom is 0.503 e. The number of halogens is 1. The third-order valence-corrected chi connectivity index (χ3v) is 1.17. The van der Waals surface area contributed by atoms with Crippen LogP contribution < -0.4 is 0 Å². The van der Waals surface area contributed by atoms with Gasteiger partial charge >= 0.3 is 6.16 Å². The average molecular weight is 191 g/mol. The van der Waals surface area contributed by atoms with E-state index in [-0.39, 0.29) is 5.75 Å². The number of aromatic hydroxyl groups is 1. The maximum atomic E-state index is 8.79. The Labute approximate surface area is 73.6 Å². The van der Waals surface area contributed by atoms with Crippen LogP contribution in [0.1, 0.15) is 0 Å². The Morgan fingerprint density at radius 2 is 1.67 bits per heavy atom. The fourth-order valence-corrected chi connectivity index (χ4v) is 0.587. The van der Waals surface area contributed by atoms with Gasteiger partial charge in [0.15, 0.2) is 0 Å². The molecule has 0 heterocycles. The molecule has 12 heavy (non-hydrogen) atoms.